The van der Waals surface area contributed by atoms with Gasteiger partial charge in [-0.1, -0.05) is 13.3 Å². The molecule has 17 heavy (non-hydrogen) atoms. The van der Waals surface area contributed by atoms with Gasteiger partial charge in [-0.3, -0.25) is 10.1 Å². The standard InChI is InChI=1S/C12H15N3O2/c1-3-4-7-14(2)11-5-6-12(15(16)17)10(8-11)9-13/h5-6,8H,3-4,7H2,1-2H3. The van der Waals surface area contributed by atoms with E-state index in [1.807, 2.05) is 18.0 Å². The van der Waals surface area contributed by atoms with E-state index >= 15 is 0 Å². The monoisotopic (exact) mass is 233 g/mol. The van der Waals surface area contributed by atoms with Gasteiger partial charge in [0.2, 0.25) is 0 Å². The highest BCUT2D eigenvalue weighted by molar-refractivity contribution is 5.59. The van der Waals surface area contributed by atoms with Crippen LogP contribution in [0.4, 0.5) is 11.4 Å². The molecule has 0 saturated carbocycles. The van der Waals surface area contributed by atoms with Gasteiger partial charge in [0.25, 0.3) is 5.69 Å². The Kier molecular flexibility index (Phi) is 4.46. The molecule has 0 heterocycles. The lowest BCUT2D eigenvalue weighted by molar-refractivity contribution is -0.385. The number of benzene rings is 1. The minimum absolute atomic E-state index is 0.107. The van der Waals surface area contributed by atoms with Crippen molar-refractivity contribution in [1.82, 2.24) is 0 Å². The van der Waals surface area contributed by atoms with Crippen molar-refractivity contribution in [3.05, 3.63) is 33.9 Å². The summed E-state index contributed by atoms with van der Waals surface area (Å²) in [5, 5.41) is 19.6. The molecule has 0 aliphatic heterocycles. The minimum atomic E-state index is -0.533. The first kappa shape index (κ1) is 13.0. The lowest BCUT2D eigenvalue weighted by Crippen LogP contribution is -2.18. The van der Waals surface area contributed by atoms with E-state index in [4.69, 9.17) is 5.26 Å². The Labute approximate surface area is 100 Å². The van der Waals surface area contributed by atoms with Gasteiger partial charge in [0.1, 0.15) is 11.6 Å². The van der Waals surface area contributed by atoms with Gasteiger partial charge in [-0.05, 0) is 18.6 Å². The summed E-state index contributed by atoms with van der Waals surface area (Å²) < 4.78 is 0. The summed E-state index contributed by atoms with van der Waals surface area (Å²) in [6.07, 6.45) is 2.14. The van der Waals surface area contributed by atoms with Crippen molar-refractivity contribution < 1.29 is 4.92 Å². The lowest BCUT2D eigenvalue weighted by Gasteiger charge is -2.18. The third-order valence-corrected chi connectivity index (χ3v) is 2.59. The number of anilines is 1. The number of hydrogen-bond acceptors (Lipinski definition) is 4. The van der Waals surface area contributed by atoms with Crippen LogP contribution in [-0.2, 0) is 0 Å². The van der Waals surface area contributed by atoms with Gasteiger partial charge in [-0.15, -0.1) is 0 Å². The Hall–Kier alpha value is -2.09. The number of unbranched alkanes of at least 4 members (excludes halogenated alkanes) is 1. The lowest BCUT2D eigenvalue weighted by atomic mass is 10.1. The largest absolute Gasteiger partial charge is 0.375 e. The number of nitro benzene ring substituents is 1. The predicted molar refractivity (Wildman–Crippen MR) is 66.0 cm³/mol. The first-order valence-corrected chi connectivity index (χ1v) is 5.49. The summed E-state index contributed by atoms with van der Waals surface area (Å²) in [6.45, 7) is 2.98. The molecule has 0 amide bonds. The molecule has 0 fully saturated rings. The van der Waals surface area contributed by atoms with Crippen LogP contribution in [-0.4, -0.2) is 18.5 Å². The number of hydrogen-bond donors (Lipinski definition) is 0. The average molecular weight is 233 g/mol. The zero-order chi connectivity index (χ0) is 12.8. The average Bonchev–Trinajstić information content (AvgIpc) is 2.34. The Balaban J connectivity index is 2.98. The van der Waals surface area contributed by atoms with Gasteiger partial charge < -0.3 is 4.90 Å². The summed E-state index contributed by atoms with van der Waals surface area (Å²) in [6, 6.07) is 6.48. The Bertz CT molecular complexity index is 452. The van der Waals surface area contributed by atoms with Crippen LogP contribution in [0.3, 0.4) is 0 Å². The van der Waals surface area contributed by atoms with Crippen molar-refractivity contribution in [3.8, 4) is 6.07 Å². The fraction of sp³-hybridized carbons (Fsp3) is 0.417. The number of nitriles is 1. The molecular formula is C12H15N3O2. The van der Waals surface area contributed by atoms with Gasteiger partial charge in [0, 0.05) is 25.3 Å². The Morgan fingerprint density at radius 2 is 2.24 bits per heavy atom. The third-order valence-electron chi connectivity index (χ3n) is 2.59. The summed E-state index contributed by atoms with van der Waals surface area (Å²) >= 11 is 0. The molecule has 1 rings (SSSR count). The van der Waals surface area contributed by atoms with Crippen molar-refractivity contribution in [2.24, 2.45) is 0 Å². The van der Waals surface area contributed by atoms with Crippen LogP contribution in [0.1, 0.15) is 25.3 Å². The molecule has 0 bridgehead atoms. The van der Waals surface area contributed by atoms with Crippen molar-refractivity contribution in [2.45, 2.75) is 19.8 Å². The fourth-order valence-electron chi connectivity index (χ4n) is 1.53. The van der Waals surface area contributed by atoms with E-state index in [0.29, 0.717) is 0 Å². The fourth-order valence-corrected chi connectivity index (χ4v) is 1.53. The summed E-state index contributed by atoms with van der Waals surface area (Å²) in [5.74, 6) is 0. The molecule has 0 atom stereocenters. The van der Waals surface area contributed by atoms with Gasteiger partial charge in [0.15, 0.2) is 0 Å². The zero-order valence-electron chi connectivity index (χ0n) is 10.0. The molecule has 0 aliphatic rings. The van der Waals surface area contributed by atoms with E-state index < -0.39 is 4.92 Å². The van der Waals surface area contributed by atoms with Gasteiger partial charge in [-0.25, -0.2) is 0 Å². The van der Waals surface area contributed by atoms with Crippen molar-refractivity contribution in [3.63, 3.8) is 0 Å². The zero-order valence-corrected chi connectivity index (χ0v) is 10.0. The summed E-state index contributed by atoms with van der Waals surface area (Å²) in [4.78, 5) is 12.1. The Morgan fingerprint density at radius 3 is 2.76 bits per heavy atom. The van der Waals surface area contributed by atoms with Crippen molar-refractivity contribution in [1.29, 1.82) is 5.26 Å². The molecule has 1 aromatic rings. The van der Waals surface area contributed by atoms with Crippen LogP contribution in [0.5, 0.6) is 0 Å². The van der Waals surface area contributed by atoms with E-state index in [0.717, 1.165) is 25.1 Å². The highest BCUT2D eigenvalue weighted by Crippen LogP contribution is 2.23. The first-order valence-electron chi connectivity index (χ1n) is 5.49. The maximum absolute atomic E-state index is 10.7. The van der Waals surface area contributed by atoms with E-state index in [2.05, 4.69) is 6.92 Å². The topological polar surface area (TPSA) is 70.2 Å². The normalized spacial score (nSPS) is 9.71. The van der Waals surface area contributed by atoms with Gasteiger partial charge in [0.05, 0.1) is 4.92 Å². The molecule has 0 radical (unpaired) electrons. The molecule has 90 valence electrons. The van der Waals surface area contributed by atoms with Crippen molar-refractivity contribution in [2.75, 3.05) is 18.5 Å². The van der Waals surface area contributed by atoms with Crippen LogP contribution in [0.2, 0.25) is 0 Å². The molecule has 0 aliphatic carbocycles. The quantitative estimate of drug-likeness (QED) is 0.579. The molecule has 0 aromatic heterocycles. The molecule has 0 spiro atoms. The Morgan fingerprint density at radius 1 is 1.53 bits per heavy atom. The second-order valence-corrected chi connectivity index (χ2v) is 3.85. The van der Waals surface area contributed by atoms with Crippen LogP contribution in [0, 0.1) is 21.4 Å². The van der Waals surface area contributed by atoms with E-state index in [9.17, 15) is 10.1 Å². The van der Waals surface area contributed by atoms with Crippen LogP contribution in [0.15, 0.2) is 18.2 Å². The smallest absolute Gasteiger partial charge is 0.287 e. The SMILES string of the molecule is CCCCN(C)c1ccc([N+](=O)[O-])c(C#N)c1. The third kappa shape index (κ3) is 3.18. The van der Waals surface area contributed by atoms with E-state index in [1.54, 1.807) is 12.1 Å². The summed E-state index contributed by atoms with van der Waals surface area (Å²) in [7, 11) is 1.91. The first-order chi connectivity index (χ1) is 8.10. The highest BCUT2D eigenvalue weighted by Gasteiger charge is 2.14. The van der Waals surface area contributed by atoms with Crippen molar-refractivity contribution >= 4 is 11.4 Å². The van der Waals surface area contributed by atoms with E-state index in [-0.39, 0.29) is 11.3 Å². The molecule has 5 heteroatoms. The maximum atomic E-state index is 10.7. The van der Waals surface area contributed by atoms with Crippen LogP contribution < -0.4 is 4.90 Å². The van der Waals surface area contributed by atoms with Gasteiger partial charge >= 0.3 is 0 Å². The van der Waals surface area contributed by atoms with E-state index in [1.165, 1.54) is 6.07 Å². The predicted octanol–water partition coefficient (Wildman–Crippen LogP) is 2.70. The van der Waals surface area contributed by atoms with Gasteiger partial charge in [-0.2, -0.15) is 5.26 Å². The minimum Gasteiger partial charge on any atom is -0.375 e. The van der Waals surface area contributed by atoms with Crippen LogP contribution >= 0.6 is 0 Å². The molecular weight excluding hydrogens is 218 g/mol. The molecule has 0 N–H and O–H groups in total. The highest BCUT2D eigenvalue weighted by atomic mass is 16.6. The number of rotatable bonds is 5. The second-order valence-electron chi connectivity index (χ2n) is 3.85. The maximum Gasteiger partial charge on any atom is 0.287 e. The number of nitrogens with zero attached hydrogens (tertiary/aromatic N) is 3. The molecule has 5 nitrogen and oxygen atoms in total. The number of nitro groups is 1. The molecule has 0 unspecified atom stereocenters. The van der Waals surface area contributed by atoms with Crippen LogP contribution in [0.25, 0.3) is 0 Å². The molecule has 0 saturated heterocycles. The second kappa shape index (κ2) is 5.85. The molecule has 1 aromatic carbocycles. The summed E-state index contributed by atoms with van der Waals surface area (Å²) in [5.41, 5.74) is 0.802.